The topological polar surface area (TPSA) is 27.7 Å². The number of methoxy groups -OCH3 is 2. The monoisotopic (exact) mass is 256 g/mol. The van der Waals surface area contributed by atoms with Crippen LogP contribution in [-0.4, -0.2) is 14.2 Å². The summed E-state index contributed by atoms with van der Waals surface area (Å²) in [5.74, 6) is 2.45. The Hall–Kier alpha value is -2.16. The molecule has 1 heterocycles. The van der Waals surface area contributed by atoms with Gasteiger partial charge < -0.3 is 14.2 Å². The molecule has 0 spiro atoms. The lowest BCUT2D eigenvalue weighted by molar-refractivity contribution is 0.237. The maximum absolute atomic E-state index is 5.97. The predicted molar refractivity (Wildman–Crippen MR) is 73.1 cm³/mol. The van der Waals surface area contributed by atoms with Crippen molar-refractivity contribution >= 4 is 0 Å². The van der Waals surface area contributed by atoms with Gasteiger partial charge in [-0.05, 0) is 29.3 Å². The summed E-state index contributed by atoms with van der Waals surface area (Å²) >= 11 is 0. The lowest BCUT2D eigenvalue weighted by Crippen LogP contribution is -2.03. The number of benzene rings is 2. The van der Waals surface area contributed by atoms with Crippen LogP contribution in [0, 0.1) is 0 Å². The fourth-order valence-electron chi connectivity index (χ4n) is 2.42. The Morgan fingerprint density at radius 1 is 1.00 bits per heavy atom. The normalized spacial score (nSPS) is 16.6. The Morgan fingerprint density at radius 2 is 1.79 bits per heavy atom. The van der Waals surface area contributed by atoms with Gasteiger partial charge >= 0.3 is 0 Å². The van der Waals surface area contributed by atoms with E-state index >= 15 is 0 Å². The zero-order valence-electron chi connectivity index (χ0n) is 11.1. The van der Waals surface area contributed by atoms with Gasteiger partial charge in [0.15, 0.2) is 11.5 Å². The summed E-state index contributed by atoms with van der Waals surface area (Å²) in [5.41, 5.74) is 2.36. The average molecular weight is 256 g/mol. The van der Waals surface area contributed by atoms with Gasteiger partial charge in [0, 0.05) is 6.42 Å². The number of hydrogen-bond donors (Lipinski definition) is 0. The van der Waals surface area contributed by atoms with E-state index in [0.29, 0.717) is 0 Å². The number of ether oxygens (including phenoxy) is 3. The summed E-state index contributed by atoms with van der Waals surface area (Å²) in [6, 6.07) is 14.1. The SMILES string of the molecule is COc1ccc(C2Cc3ccccc3O2)cc1OC. The summed E-state index contributed by atoms with van der Waals surface area (Å²) < 4.78 is 16.6. The van der Waals surface area contributed by atoms with Crippen molar-refractivity contribution in [2.75, 3.05) is 14.2 Å². The molecule has 0 amide bonds. The third-order valence-corrected chi connectivity index (χ3v) is 3.43. The first-order valence-corrected chi connectivity index (χ1v) is 6.28. The van der Waals surface area contributed by atoms with Gasteiger partial charge in [0.05, 0.1) is 14.2 Å². The van der Waals surface area contributed by atoms with Crippen LogP contribution >= 0.6 is 0 Å². The molecular formula is C16H16O3. The van der Waals surface area contributed by atoms with Crippen molar-refractivity contribution < 1.29 is 14.2 Å². The maximum Gasteiger partial charge on any atom is 0.161 e. The van der Waals surface area contributed by atoms with Crippen molar-refractivity contribution in [3.05, 3.63) is 53.6 Å². The minimum Gasteiger partial charge on any atom is -0.493 e. The van der Waals surface area contributed by atoms with E-state index in [-0.39, 0.29) is 6.10 Å². The van der Waals surface area contributed by atoms with Crippen LogP contribution in [0.3, 0.4) is 0 Å². The highest BCUT2D eigenvalue weighted by atomic mass is 16.5. The van der Waals surface area contributed by atoms with E-state index in [1.54, 1.807) is 14.2 Å². The highest BCUT2D eigenvalue weighted by Gasteiger charge is 2.24. The van der Waals surface area contributed by atoms with Crippen LogP contribution in [0.2, 0.25) is 0 Å². The third kappa shape index (κ3) is 2.12. The summed E-state index contributed by atoms with van der Waals surface area (Å²) in [5, 5.41) is 0. The van der Waals surface area contributed by atoms with Gasteiger partial charge in [-0.2, -0.15) is 0 Å². The van der Waals surface area contributed by atoms with Gasteiger partial charge in [0.25, 0.3) is 0 Å². The Morgan fingerprint density at radius 3 is 2.53 bits per heavy atom. The zero-order chi connectivity index (χ0) is 13.2. The van der Waals surface area contributed by atoms with E-state index in [4.69, 9.17) is 14.2 Å². The van der Waals surface area contributed by atoms with Crippen LogP contribution in [-0.2, 0) is 6.42 Å². The van der Waals surface area contributed by atoms with Crippen LogP contribution < -0.4 is 14.2 Å². The molecule has 2 aromatic carbocycles. The minimum absolute atomic E-state index is 0.0530. The molecule has 3 nitrogen and oxygen atoms in total. The van der Waals surface area contributed by atoms with Gasteiger partial charge in [-0.15, -0.1) is 0 Å². The quantitative estimate of drug-likeness (QED) is 0.842. The first-order chi connectivity index (χ1) is 9.31. The van der Waals surface area contributed by atoms with E-state index in [9.17, 15) is 0 Å². The summed E-state index contributed by atoms with van der Waals surface area (Å²) in [6.07, 6.45) is 0.947. The molecule has 0 saturated heterocycles. The van der Waals surface area contributed by atoms with Gasteiger partial charge in [0.2, 0.25) is 0 Å². The molecule has 0 N–H and O–H groups in total. The molecular weight excluding hydrogens is 240 g/mol. The van der Waals surface area contributed by atoms with Gasteiger partial charge in [0.1, 0.15) is 11.9 Å². The van der Waals surface area contributed by atoms with Gasteiger partial charge in [-0.1, -0.05) is 24.3 Å². The molecule has 1 unspecified atom stereocenters. The number of fused-ring (bicyclic) bond motifs is 1. The Labute approximate surface area is 112 Å². The van der Waals surface area contributed by atoms with Crippen molar-refractivity contribution in [2.45, 2.75) is 12.5 Å². The van der Waals surface area contributed by atoms with E-state index in [1.807, 2.05) is 36.4 Å². The summed E-state index contributed by atoms with van der Waals surface area (Å²) in [6.45, 7) is 0. The number of para-hydroxylation sites is 1. The van der Waals surface area contributed by atoms with Crippen LogP contribution in [0.1, 0.15) is 17.2 Å². The fraction of sp³-hybridized carbons (Fsp3) is 0.250. The lowest BCUT2D eigenvalue weighted by Gasteiger charge is -2.14. The van der Waals surface area contributed by atoms with Crippen molar-refractivity contribution in [2.24, 2.45) is 0 Å². The Kier molecular flexibility index (Phi) is 3.03. The molecule has 0 fully saturated rings. The van der Waals surface area contributed by atoms with Crippen molar-refractivity contribution in [1.29, 1.82) is 0 Å². The van der Waals surface area contributed by atoms with Crippen LogP contribution in [0.5, 0.6) is 17.2 Å². The molecule has 0 saturated carbocycles. The summed E-state index contributed by atoms with van der Waals surface area (Å²) in [7, 11) is 3.28. The van der Waals surface area contributed by atoms with E-state index in [0.717, 1.165) is 29.2 Å². The average Bonchev–Trinajstić information content (AvgIpc) is 2.90. The first kappa shape index (κ1) is 11.9. The molecule has 1 aliphatic rings. The molecule has 1 aliphatic heterocycles. The summed E-state index contributed by atoms with van der Waals surface area (Å²) in [4.78, 5) is 0. The van der Waals surface area contributed by atoms with Crippen molar-refractivity contribution in [3.63, 3.8) is 0 Å². The van der Waals surface area contributed by atoms with Crippen molar-refractivity contribution in [3.8, 4) is 17.2 Å². The van der Waals surface area contributed by atoms with Crippen LogP contribution in [0.4, 0.5) is 0 Å². The molecule has 0 aromatic heterocycles. The van der Waals surface area contributed by atoms with E-state index in [1.165, 1.54) is 5.56 Å². The second-order valence-corrected chi connectivity index (χ2v) is 4.53. The second kappa shape index (κ2) is 4.84. The molecule has 3 rings (SSSR count). The molecule has 2 aromatic rings. The molecule has 19 heavy (non-hydrogen) atoms. The minimum atomic E-state index is 0.0530. The van der Waals surface area contributed by atoms with Gasteiger partial charge in [-0.3, -0.25) is 0 Å². The number of rotatable bonds is 3. The molecule has 0 radical (unpaired) electrons. The lowest BCUT2D eigenvalue weighted by atomic mass is 10.0. The molecule has 3 heteroatoms. The van der Waals surface area contributed by atoms with Gasteiger partial charge in [-0.25, -0.2) is 0 Å². The second-order valence-electron chi connectivity index (χ2n) is 4.53. The largest absolute Gasteiger partial charge is 0.493 e. The van der Waals surface area contributed by atoms with Crippen LogP contribution in [0.25, 0.3) is 0 Å². The highest BCUT2D eigenvalue weighted by Crippen LogP contribution is 2.38. The fourth-order valence-corrected chi connectivity index (χ4v) is 2.42. The van der Waals surface area contributed by atoms with E-state index < -0.39 is 0 Å². The zero-order valence-corrected chi connectivity index (χ0v) is 11.1. The third-order valence-electron chi connectivity index (χ3n) is 3.43. The standard InChI is InChI=1S/C16H16O3/c1-17-14-8-7-12(10-16(14)18-2)15-9-11-5-3-4-6-13(11)19-15/h3-8,10,15H,9H2,1-2H3. The predicted octanol–water partition coefficient (Wildman–Crippen LogP) is 3.38. The molecule has 98 valence electrons. The number of hydrogen-bond acceptors (Lipinski definition) is 3. The first-order valence-electron chi connectivity index (χ1n) is 6.28. The van der Waals surface area contributed by atoms with Crippen molar-refractivity contribution in [1.82, 2.24) is 0 Å². The Bertz CT molecular complexity index is 567. The molecule has 1 atom stereocenters. The molecule has 0 bridgehead atoms. The smallest absolute Gasteiger partial charge is 0.161 e. The Balaban J connectivity index is 1.89. The maximum atomic E-state index is 5.97. The molecule has 0 aliphatic carbocycles. The van der Waals surface area contributed by atoms with E-state index in [2.05, 4.69) is 6.07 Å². The highest BCUT2D eigenvalue weighted by molar-refractivity contribution is 5.46. The van der Waals surface area contributed by atoms with Crippen LogP contribution in [0.15, 0.2) is 42.5 Å².